The fraction of sp³-hybridized carbons (Fsp3) is 0.800. The molecule has 0 rings (SSSR count). The zero-order chi connectivity index (χ0) is 9.61. The first-order valence-electron chi connectivity index (χ1n) is 3.58. The Hall–Kier alpha value is -0.820. The molecule has 0 heterocycles. The average molecular weight is 194 g/mol. The van der Waals surface area contributed by atoms with E-state index in [0.717, 1.165) is 12.8 Å². The first kappa shape index (κ1) is 11.2. The first-order valence-corrected chi connectivity index (χ1v) is 5.02. The predicted octanol–water partition coefficient (Wildman–Crippen LogP) is -1.11. The van der Waals surface area contributed by atoms with Crippen LogP contribution in [-0.2, 0) is 10.2 Å². The minimum Gasteiger partial charge on any atom is -0.369 e. The van der Waals surface area contributed by atoms with Gasteiger partial charge in [-0.3, -0.25) is 0 Å². The van der Waals surface area contributed by atoms with Crippen LogP contribution >= 0.6 is 0 Å². The van der Waals surface area contributed by atoms with Gasteiger partial charge in [-0.25, -0.2) is 0 Å². The minimum absolute atomic E-state index is 0.357. The van der Waals surface area contributed by atoms with Crippen LogP contribution in [0.25, 0.3) is 0 Å². The highest BCUT2D eigenvalue weighted by molar-refractivity contribution is 7.88. The number of unbranched alkanes of at least 4 members (excludes halogenated alkanes) is 1. The van der Waals surface area contributed by atoms with Crippen molar-refractivity contribution in [3.8, 4) is 0 Å². The SMILES string of the molecule is CCCCNS(=O)(=O)N=C(N)N. The lowest BCUT2D eigenvalue weighted by atomic mass is 10.3. The van der Waals surface area contributed by atoms with Crippen LogP contribution in [0.15, 0.2) is 4.40 Å². The molecular formula is C5H14N4O2S. The number of rotatable bonds is 5. The van der Waals surface area contributed by atoms with E-state index in [9.17, 15) is 8.42 Å². The van der Waals surface area contributed by atoms with Gasteiger partial charge in [-0.05, 0) is 6.42 Å². The molecule has 0 aliphatic heterocycles. The molecule has 0 spiro atoms. The Morgan fingerprint density at radius 3 is 2.50 bits per heavy atom. The van der Waals surface area contributed by atoms with Crippen LogP contribution in [0.2, 0.25) is 0 Å². The van der Waals surface area contributed by atoms with E-state index in [-0.39, 0.29) is 0 Å². The Morgan fingerprint density at radius 1 is 1.50 bits per heavy atom. The van der Waals surface area contributed by atoms with Gasteiger partial charge in [0.05, 0.1) is 0 Å². The van der Waals surface area contributed by atoms with E-state index >= 15 is 0 Å². The molecule has 12 heavy (non-hydrogen) atoms. The molecule has 0 saturated heterocycles. The molecule has 0 atom stereocenters. The molecule has 0 radical (unpaired) electrons. The highest BCUT2D eigenvalue weighted by Crippen LogP contribution is 1.88. The van der Waals surface area contributed by atoms with Crippen LogP contribution in [0, 0.1) is 0 Å². The monoisotopic (exact) mass is 194 g/mol. The number of nitrogens with two attached hydrogens (primary N) is 2. The number of nitrogens with one attached hydrogen (secondary N) is 1. The predicted molar refractivity (Wildman–Crippen MR) is 47.6 cm³/mol. The Bertz CT molecular complexity index is 242. The van der Waals surface area contributed by atoms with Crippen LogP contribution in [0.4, 0.5) is 0 Å². The molecule has 5 N–H and O–H groups in total. The third kappa shape index (κ3) is 5.93. The summed E-state index contributed by atoms with van der Waals surface area (Å²) in [6, 6.07) is 0. The summed E-state index contributed by atoms with van der Waals surface area (Å²) in [5.41, 5.74) is 9.78. The highest BCUT2D eigenvalue weighted by atomic mass is 32.2. The summed E-state index contributed by atoms with van der Waals surface area (Å²) >= 11 is 0. The van der Waals surface area contributed by atoms with Gasteiger partial charge < -0.3 is 11.5 Å². The van der Waals surface area contributed by atoms with E-state index in [1.807, 2.05) is 6.92 Å². The Morgan fingerprint density at radius 2 is 2.08 bits per heavy atom. The van der Waals surface area contributed by atoms with Gasteiger partial charge in [-0.1, -0.05) is 13.3 Å². The van der Waals surface area contributed by atoms with Crippen LogP contribution < -0.4 is 16.2 Å². The normalized spacial score (nSPS) is 11.1. The van der Waals surface area contributed by atoms with E-state index < -0.39 is 16.2 Å². The second-order valence-electron chi connectivity index (χ2n) is 2.24. The standard InChI is InChI=1S/C5H14N4O2S/c1-2-3-4-8-12(10,11)9-5(6)7/h8H,2-4H2,1H3,(H4,6,7,9). The lowest BCUT2D eigenvalue weighted by molar-refractivity contribution is 0.580. The maximum absolute atomic E-state index is 10.9. The van der Waals surface area contributed by atoms with Crippen LogP contribution in [0.3, 0.4) is 0 Å². The van der Waals surface area contributed by atoms with Gasteiger partial charge in [0, 0.05) is 6.54 Å². The van der Waals surface area contributed by atoms with Gasteiger partial charge in [0.1, 0.15) is 0 Å². The number of hydrogen-bond donors (Lipinski definition) is 3. The molecule has 72 valence electrons. The quantitative estimate of drug-likeness (QED) is 0.293. The minimum atomic E-state index is -3.67. The summed E-state index contributed by atoms with van der Waals surface area (Å²) in [5, 5.41) is 0. The van der Waals surface area contributed by atoms with Crippen LogP contribution in [-0.4, -0.2) is 20.9 Å². The van der Waals surface area contributed by atoms with E-state index in [4.69, 9.17) is 11.5 Å². The van der Waals surface area contributed by atoms with E-state index in [1.165, 1.54) is 0 Å². The zero-order valence-electron chi connectivity index (χ0n) is 6.95. The molecule has 0 aromatic heterocycles. The van der Waals surface area contributed by atoms with E-state index in [0.29, 0.717) is 6.54 Å². The third-order valence-corrected chi connectivity index (χ3v) is 2.06. The summed E-state index contributed by atoms with van der Waals surface area (Å²) in [6.45, 7) is 2.31. The van der Waals surface area contributed by atoms with Crippen molar-refractivity contribution >= 4 is 16.2 Å². The second kappa shape index (κ2) is 4.94. The van der Waals surface area contributed by atoms with Crippen molar-refractivity contribution in [1.82, 2.24) is 4.72 Å². The Labute approximate surface area is 72.2 Å². The van der Waals surface area contributed by atoms with Crippen molar-refractivity contribution in [2.45, 2.75) is 19.8 Å². The van der Waals surface area contributed by atoms with Gasteiger partial charge in [0.15, 0.2) is 0 Å². The molecule has 0 saturated carbocycles. The summed E-state index contributed by atoms with van der Waals surface area (Å²) in [6.07, 6.45) is 1.67. The summed E-state index contributed by atoms with van der Waals surface area (Å²) in [7, 11) is -3.67. The molecule has 0 unspecified atom stereocenters. The van der Waals surface area contributed by atoms with Crippen molar-refractivity contribution in [2.24, 2.45) is 15.9 Å². The number of hydrogen-bond acceptors (Lipinski definition) is 2. The molecule has 0 aromatic carbocycles. The maximum Gasteiger partial charge on any atom is 0.323 e. The first-order chi connectivity index (χ1) is 5.48. The average Bonchev–Trinajstić information content (AvgIpc) is 1.84. The smallest absolute Gasteiger partial charge is 0.323 e. The van der Waals surface area contributed by atoms with Crippen LogP contribution in [0.5, 0.6) is 0 Å². The van der Waals surface area contributed by atoms with Gasteiger partial charge in [-0.2, -0.15) is 13.1 Å². The van der Waals surface area contributed by atoms with Crippen molar-refractivity contribution < 1.29 is 8.42 Å². The number of nitrogens with zero attached hydrogens (tertiary/aromatic N) is 1. The van der Waals surface area contributed by atoms with Crippen molar-refractivity contribution in [1.29, 1.82) is 0 Å². The second-order valence-corrected chi connectivity index (χ2v) is 3.66. The van der Waals surface area contributed by atoms with Crippen molar-refractivity contribution in [3.05, 3.63) is 0 Å². The van der Waals surface area contributed by atoms with E-state index in [2.05, 4.69) is 9.12 Å². The molecule has 0 aromatic rings. The highest BCUT2D eigenvalue weighted by Gasteiger charge is 2.05. The molecule has 0 fully saturated rings. The van der Waals surface area contributed by atoms with Gasteiger partial charge in [-0.15, -0.1) is 4.40 Å². The number of guanidine groups is 1. The van der Waals surface area contributed by atoms with Gasteiger partial charge in [0.25, 0.3) is 0 Å². The third-order valence-electron chi connectivity index (χ3n) is 1.04. The fourth-order valence-electron chi connectivity index (χ4n) is 0.549. The lowest BCUT2D eigenvalue weighted by Gasteiger charge is -1.99. The maximum atomic E-state index is 10.9. The molecule has 7 heteroatoms. The zero-order valence-corrected chi connectivity index (χ0v) is 7.76. The molecule has 0 bridgehead atoms. The lowest BCUT2D eigenvalue weighted by Crippen LogP contribution is -2.29. The van der Waals surface area contributed by atoms with Crippen LogP contribution in [0.1, 0.15) is 19.8 Å². The summed E-state index contributed by atoms with van der Waals surface area (Å²) in [4.78, 5) is 0. The Balaban J connectivity index is 3.99. The molecule has 0 aliphatic carbocycles. The molecule has 0 amide bonds. The largest absolute Gasteiger partial charge is 0.369 e. The summed E-state index contributed by atoms with van der Waals surface area (Å²) < 4.78 is 26.9. The topological polar surface area (TPSA) is 111 Å². The molecule has 6 nitrogen and oxygen atoms in total. The summed E-state index contributed by atoms with van der Waals surface area (Å²) in [5.74, 6) is -0.459. The van der Waals surface area contributed by atoms with Crippen molar-refractivity contribution in [3.63, 3.8) is 0 Å². The van der Waals surface area contributed by atoms with E-state index in [1.54, 1.807) is 0 Å². The molecule has 0 aliphatic rings. The van der Waals surface area contributed by atoms with Gasteiger partial charge in [0.2, 0.25) is 5.96 Å². The van der Waals surface area contributed by atoms with Gasteiger partial charge >= 0.3 is 10.2 Å². The van der Waals surface area contributed by atoms with Crippen molar-refractivity contribution in [2.75, 3.05) is 6.54 Å². The fourth-order valence-corrected chi connectivity index (χ4v) is 1.29. The Kier molecular flexibility index (Phi) is 4.60. The molecular weight excluding hydrogens is 180 g/mol.